The highest BCUT2D eigenvalue weighted by Gasteiger charge is 2.22. The van der Waals surface area contributed by atoms with Gasteiger partial charge in [0.25, 0.3) is 0 Å². The summed E-state index contributed by atoms with van der Waals surface area (Å²) in [5, 5.41) is 3.18. The van der Waals surface area contributed by atoms with E-state index in [0.29, 0.717) is 16.5 Å². The van der Waals surface area contributed by atoms with Gasteiger partial charge in [-0.3, -0.25) is 4.79 Å². The van der Waals surface area contributed by atoms with Crippen molar-refractivity contribution >= 4 is 33.2 Å². The summed E-state index contributed by atoms with van der Waals surface area (Å²) in [7, 11) is -0.868. The Morgan fingerprint density at radius 1 is 1.19 bits per heavy atom. The van der Waals surface area contributed by atoms with Crippen LogP contribution in [0.25, 0.3) is 0 Å². The number of nitrogens with zero attached hydrogens (tertiary/aromatic N) is 1. The lowest BCUT2D eigenvalue weighted by molar-refractivity contribution is -0.114. The van der Waals surface area contributed by atoms with Gasteiger partial charge in [0.05, 0.1) is 17.7 Å². The van der Waals surface area contributed by atoms with Crippen molar-refractivity contribution in [2.45, 2.75) is 11.8 Å². The molecule has 146 valence electrons. The van der Waals surface area contributed by atoms with E-state index < -0.39 is 10.0 Å². The normalized spacial score (nSPS) is 11.3. The van der Waals surface area contributed by atoms with Crippen LogP contribution in [0.3, 0.4) is 0 Å². The van der Waals surface area contributed by atoms with Gasteiger partial charge in [-0.05, 0) is 36.4 Å². The summed E-state index contributed by atoms with van der Waals surface area (Å²) < 4.78 is 37.4. The SMILES string of the molecule is COc1cc(S(=O)(=O)N(C)CCOc2ccc(Cl)cc2)ccc1NC(C)=O. The van der Waals surface area contributed by atoms with Crippen LogP contribution in [0.1, 0.15) is 6.92 Å². The Hall–Kier alpha value is -2.29. The second-order valence-electron chi connectivity index (χ2n) is 5.67. The van der Waals surface area contributed by atoms with Crippen molar-refractivity contribution < 1.29 is 22.7 Å². The summed E-state index contributed by atoms with van der Waals surface area (Å²) in [4.78, 5) is 11.3. The van der Waals surface area contributed by atoms with Crippen LogP contribution < -0.4 is 14.8 Å². The summed E-state index contributed by atoms with van der Waals surface area (Å²) >= 11 is 5.81. The molecule has 0 heterocycles. The third kappa shape index (κ3) is 5.59. The highest BCUT2D eigenvalue weighted by atomic mass is 35.5. The van der Waals surface area contributed by atoms with Crippen LogP contribution in [0.15, 0.2) is 47.4 Å². The zero-order chi connectivity index (χ0) is 20.0. The average Bonchev–Trinajstić information content (AvgIpc) is 2.63. The van der Waals surface area contributed by atoms with Gasteiger partial charge in [0.2, 0.25) is 15.9 Å². The van der Waals surface area contributed by atoms with E-state index in [4.69, 9.17) is 21.1 Å². The van der Waals surface area contributed by atoms with Gasteiger partial charge in [0, 0.05) is 31.6 Å². The molecule has 0 aromatic heterocycles. The molecule has 2 aromatic carbocycles. The minimum absolute atomic E-state index is 0.0578. The van der Waals surface area contributed by atoms with E-state index in [1.165, 1.54) is 43.6 Å². The first kappa shape index (κ1) is 21.0. The van der Waals surface area contributed by atoms with E-state index in [1.54, 1.807) is 24.3 Å². The number of likely N-dealkylation sites (N-methyl/N-ethyl adjacent to an activating group) is 1. The molecule has 0 bridgehead atoms. The molecule has 0 saturated heterocycles. The minimum Gasteiger partial charge on any atom is -0.495 e. The molecule has 1 N–H and O–H groups in total. The number of halogens is 1. The molecule has 0 unspecified atom stereocenters. The van der Waals surface area contributed by atoms with Gasteiger partial charge in [-0.2, -0.15) is 4.31 Å². The Kier molecular flexibility index (Phi) is 7.06. The molecular weight excluding hydrogens is 392 g/mol. The summed E-state index contributed by atoms with van der Waals surface area (Å²) in [5.41, 5.74) is 0.401. The predicted octanol–water partition coefficient (Wildman–Crippen LogP) is 3.01. The Morgan fingerprint density at radius 2 is 1.85 bits per heavy atom. The molecule has 7 nitrogen and oxygen atoms in total. The standard InChI is InChI=1S/C18H21ClN2O5S/c1-13(22)20-17-9-8-16(12-18(17)25-3)27(23,24)21(2)10-11-26-15-6-4-14(19)5-7-15/h4-9,12H,10-11H2,1-3H3,(H,20,22). The van der Waals surface area contributed by atoms with Crippen LogP contribution in [-0.2, 0) is 14.8 Å². The van der Waals surface area contributed by atoms with E-state index in [9.17, 15) is 13.2 Å². The number of hydrogen-bond donors (Lipinski definition) is 1. The fraction of sp³-hybridized carbons (Fsp3) is 0.278. The van der Waals surface area contributed by atoms with Crippen molar-refractivity contribution in [2.24, 2.45) is 0 Å². The number of carbonyl (C=O) groups excluding carboxylic acids is 1. The smallest absolute Gasteiger partial charge is 0.243 e. The van der Waals surface area contributed by atoms with Crippen LogP contribution >= 0.6 is 11.6 Å². The molecule has 0 saturated carbocycles. The number of methoxy groups -OCH3 is 1. The molecule has 0 radical (unpaired) electrons. The quantitative estimate of drug-likeness (QED) is 0.720. The number of nitrogens with one attached hydrogen (secondary N) is 1. The Balaban J connectivity index is 2.07. The maximum atomic E-state index is 12.7. The second-order valence-corrected chi connectivity index (χ2v) is 8.15. The van der Waals surface area contributed by atoms with Crippen molar-refractivity contribution in [1.29, 1.82) is 0 Å². The van der Waals surface area contributed by atoms with Crippen LogP contribution in [0.2, 0.25) is 5.02 Å². The Morgan fingerprint density at radius 3 is 2.44 bits per heavy atom. The summed E-state index contributed by atoms with van der Waals surface area (Å²) in [6.07, 6.45) is 0. The number of anilines is 1. The first-order chi connectivity index (χ1) is 12.7. The largest absolute Gasteiger partial charge is 0.495 e. The fourth-order valence-electron chi connectivity index (χ4n) is 2.25. The van der Waals surface area contributed by atoms with Gasteiger partial charge in [-0.15, -0.1) is 0 Å². The number of sulfonamides is 1. The predicted molar refractivity (Wildman–Crippen MR) is 104 cm³/mol. The second kappa shape index (κ2) is 9.07. The molecule has 2 rings (SSSR count). The molecule has 27 heavy (non-hydrogen) atoms. The maximum absolute atomic E-state index is 12.7. The molecular formula is C18H21ClN2O5S. The van der Waals surface area contributed by atoms with Crippen molar-refractivity contribution in [2.75, 3.05) is 32.6 Å². The molecule has 9 heteroatoms. The summed E-state index contributed by atoms with van der Waals surface area (Å²) in [6, 6.07) is 11.1. The number of hydrogen-bond acceptors (Lipinski definition) is 5. The van der Waals surface area contributed by atoms with Gasteiger partial charge in [-0.25, -0.2) is 8.42 Å². The van der Waals surface area contributed by atoms with E-state index in [-0.39, 0.29) is 29.7 Å². The summed E-state index contributed by atoms with van der Waals surface area (Å²) in [6.45, 7) is 1.69. The third-order valence-corrected chi connectivity index (χ3v) is 5.79. The Bertz CT molecular complexity index is 900. The lowest BCUT2D eigenvalue weighted by Gasteiger charge is -2.18. The first-order valence-electron chi connectivity index (χ1n) is 8.04. The molecule has 2 aromatic rings. The topological polar surface area (TPSA) is 84.9 Å². The molecule has 0 atom stereocenters. The number of rotatable bonds is 8. The highest BCUT2D eigenvalue weighted by molar-refractivity contribution is 7.89. The maximum Gasteiger partial charge on any atom is 0.243 e. The first-order valence-corrected chi connectivity index (χ1v) is 9.86. The van der Waals surface area contributed by atoms with Crippen LogP contribution in [0.5, 0.6) is 11.5 Å². The van der Waals surface area contributed by atoms with Crippen molar-refractivity contribution in [1.82, 2.24) is 4.31 Å². The van der Waals surface area contributed by atoms with E-state index in [2.05, 4.69) is 5.32 Å². The fourth-order valence-corrected chi connectivity index (χ4v) is 3.54. The van der Waals surface area contributed by atoms with Gasteiger partial charge < -0.3 is 14.8 Å². The lowest BCUT2D eigenvalue weighted by atomic mass is 10.3. The lowest BCUT2D eigenvalue weighted by Crippen LogP contribution is -2.31. The van der Waals surface area contributed by atoms with Gasteiger partial charge in [0.1, 0.15) is 18.1 Å². The molecule has 0 spiro atoms. The van der Waals surface area contributed by atoms with Crippen molar-refractivity contribution in [3.63, 3.8) is 0 Å². The summed E-state index contributed by atoms with van der Waals surface area (Å²) in [5.74, 6) is 0.587. The van der Waals surface area contributed by atoms with Gasteiger partial charge in [0.15, 0.2) is 0 Å². The van der Waals surface area contributed by atoms with Gasteiger partial charge in [-0.1, -0.05) is 11.6 Å². The molecule has 0 aliphatic carbocycles. The number of ether oxygens (including phenoxy) is 2. The molecule has 0 aliphatic rings. The van der Waals surface area contributed by atoms with Crippen LogP contribution in [0.4, 0.5) is 5.69 Å². The molecule has 1 amide bonds. The molecule has 0 fully saturated rings. The van der Waals surface area contributed by atoms with Crippen LogP contribution in [-0.4, -0.2) is 45.9 Å². The average molecular weight is 413 g/mol. The third-order valence-electron chi connectivity index (χ3n) is 3.68. The van der Waals surface area contributed by atoms with E-state index in [0.717, 1.165) is 0 Å². The van der Waals surface area contributed by atoms with E-state index >= 15 is 0 Å². The number of amides is 1. The minimum atomic E-state index is -3.74. The highest BCUT2D eigenvalue weighted by Crippen LogP contribution is 2.28. The zero-order valence-corrected chi connectivity index (χ0v) is 16.8. The van der Waals surface area contributed by atoms with Crippen molar-refractivity contribution in [3.8, 4) is 11.5 Å². The van der Waals surface area contributed by atoms with Crippen molar-refractivity contribution in [3.05, 3.63) is 47.5 Å². The van der Waals surface area contributed by atoms with Gasteiger partial charge >= 0.3 is 0 Å². The monoisotopic (exact) mass is 412 g/mol. The van der Waals surface area contributed by atoms with E-state index in [1.807, 2.05) is 0 Å². The molecule has 0 aliphatic heterocycles. The van der Waals surface area contributed by atoms with Crippen LogP contribution in [0, 0.1) is 0 Å². The Labute approximate surface area is 163 Å². The number of benzene rings is 2. The zero-order valence-electron chi connectivity index (χ0n) is 15.2. The number of carbonyl (C=O) groups is 1.